The standard InChI is InChI=1S/C28H36O8S2/c1-27(2,25(31)32)13-7-5-9-21-15-19(29)17-23(37(21)35)11-12-24-18-20(30)16-22(38(24)36)10-6-8-14-28(3,4)26(33)34/h11-12,15-18H,5-10,13-14H2,1-4H3,(H,31,32)(H,33,34)/b12-11+. The highest BCUT2D eigenvalue weighted by Crippen LogP contribution is 2.31. The van der Waals surface area contributed by atoms with Gasteiger partial charge in [0.25, 0.3) is 0 Å². The van der Waals surface area contributed by atoms with Crippen molar-refractivity contribution in [2.45, 2.75) is 79.1 Å². The van der Waals surface area contributed by atoms with Crippen LogP contribution in [0.2, 0.25) is 0 Å². The summed E-state index contributed by atoms with van der Waals surface area (Å²) in [5.41, 5.74) is -2.34. The highest BCUT2D eigenvalue weighted by molar-refractivity contribution is 7.26. The van der Waals surface area contributed by atoms with Crippen LogP contribution in [-0.2, 0) is 22.4 Å². The van der Waals surface area contributed by atoms with Gasteiger partial charge in [-0.3, -0.25) is 19.2 Å². The van der Waals surface area contributed by atoms with Crippen molar-refractivity contribution in [3.8, 4) is 0 Å². The lowest BCUT2D eigenvalue weighted by Gasteiger charge is -2.18. The summed E-state index contributed by atoms with van der Waals surface area (Å²) in [6.07, 6.45) is 6.96. The van der Waals surface area contributed by atoms with Gasteiger partial charge in [-0.15, -0.1) is 0 Å². The summed E-state index contributed by atoms with van der Waals surface area (Å²) in [4.78, 5) is 48.3. The summed E-state index contributed by atoms with van der Waals surface area (Å²) in [7, 11) is -3.19. The highest BCUT2D eigenvalue weighted by Gasteiger charge is 2.27. The highest BCUT2D eigenvalue weighted by atomic mass is 32.2. The Morgan fingerprint density at radius 2 is 1.05 bits per heavy atom. The number of hydrogen-bond donors (Lipinski definition) is 2. The molecule has 0 radical (unpaired) electrons. The molecule has 208 valence electrons. The minimum Gasteiger partial charge on any atom is -0.590 e. The molecule has 0 aromatic carbocycles. The van der Waals surface area contributed by atoms with E-state index in [4.69, 9.17) is 0 Å². The maximum Gasteiger partial charge on any atom is 0.309 e. The van der Waals surface area contributed by atoms with Crippen LogP contribution in [0.4, 0.5) is 0 Å². The molecule has 2 atom stereocenters. The van der Waals surface area contributed by atoms with Crippen LogP contribution < -0.4 is 10.9 Å². The van der Waals surface area contributed by atoms with Gasteiger partial charge in [0.1, 0.15) is 0 Å². The van der Waals surface area contributed by atoms with Crippen molar-refractivity contribution in [3.63, 3.8) is 0 Å². The molecule has 0 aliphatic heterocycles. The Hall–Kier alpha value is -2.66. The van der Waals surface area contributed by atoms with Gasteiger partial charge in [0.15, 0.2) is 30.4 Å². The first-order valence-corrected chi connectivity index (χ1v) is 14.8. The largest absolute Gasteiger partial charge is 0.590 e. The second-order valence-electron chi connectivity index (χ2n) is 10.8. The van der Waals surface area contributed by atoms with Crippen LogP contribution in [-0.4, -0.2) is 31.3 Å². The van der Waals surface area contributed by atoms with E-state index in [9.17, 15) is 38.5 Å². The number of carboxylic acid groups (broad SMARTS) is 2. The Balaban J connectivity index is 2.14. The Morgan fingerprint density at radius 3 is 1.37 bits per heavy atom. The molecule has 0 spiro atoms. The van der Waals surface area contributed by atoms with Crippen molar-refractivity contribution in [3.05, 3.63) is 64.2 Å². The molecule has 10 heteroatoms. The molecule has 38 heavy (non-hydrogen) atoms. The SMILES string of the molecule is CC(C)(CCCCc1cc(=O)cc(/C=C/c2cc(=O)cc(CCCCC(C)(C)C(=O)O)[s+]2[O-])[s+]1[O-])C(=O)O. The molecule has 2 heterocycles. The average Bonchev–Trinajstić information content (AvgIpc) is 2.82. The molecule has 2 aromatic heterocycles. The summed E-state index contributed by atoms with van der Waals surface area (Å²) in [6, 6.07) is 5.17. The zero-order chi connectivity index (χ0) is 28.7. The van der Waals surface area contributed by atoms with Crippen LogP contribution in [0.15, 0.2) is 33.9 Å². The molecule has 0 aliphatic carbocycles. The van der Waals surface area contributed by atoms with Gasteiger partial charge in [0.2, 0.25) is 0 Å². The number of unbranched alkanes of at least 4 members (excludes halogenated alkanes) is 2. The van der Waals surface area contributed by atoms with Crippen LogP contribution in [0.5, 0.6) is 0 Å². The third-order valence-corrected chi connectivity index (χ3v) is 9.56. The van der Waals surface area contributed by atoms with Crippen LogP contribution >= 0.6 is 21.5 Å². The Bertz CT molecular complexity index is 1200. The summed E-state index contributed by atoms with van der Waals surface area (Å²) in [5.74, 6) is -1.76. The molecule has 2 unspecified atom stereocenters. The number of carbonyl (C=O) groups is 2. The van der Waals surface area contributed by atoms with Gasteiger partial charge in [-0.25, -0.2) is 0 Å². The van der Waals surface area contributed by atoms with Gasteiger partial charge in [-0.05, 0) is 74.9 Å². The number of carboxylic acids is 2. The topological polar surface area (TPSA) is 155 Å². The summed E-state index contributed by atoms with van der Waals surface area (Å²) < 4.78 is 26.0. The molecule has 2 rings (SSSR count). The molecule has 0 amide bonds. The lowest BCUT2D eigenvalue weighted by Crippen LogP contribution is -2.23. The minimum atomic E-state index is -1.60. The van der Waals surface area contributed by atoms with E-state index in [1.165, 1.54) is 36.4 Å². The number of aliphatic carboxylic acids is 2. The fraction of sp³-hybridized carbons (Fsp3) is 0.500. The van der Waals surface area contributed by atoms with Crippen LogP contribution in [0.1, 0.15) is 85.7 Å². The summed E-state index contributed by atoms with van der Waals surface area (Å²) >= 11 is 0. The van der Waals surface area contributed by atoms with Crippen molar-refractivity contribution in [2.24, 2.45) is 10.8 Å². The van der Waals surface area contributed by atoms with E-state index in [0.29, 0.717) is 61.1 Å². The molecule has 2 aromatic rings. The second-order valence-corrected chi connectivity index (χ2v) is 13.8. The third kappa shape index (κ3) is 8.97. The van der Waals surface area contributed by atoms with E-state index < -0.39 is 44.3 Å². The lowest BCUT2D eigenvalue weighted by molar-refractivity contribution is -0.148. The summed E-state index contributed by atoms with van der Waals surface area (Å²) in [6.45, 7) is 6.60. The van der Waals surface area contributed by atoms with E-state index in [1.54, 1.807) is 27.7 Å². The van der Waals surface area contributed by atoms with E-state index in [-0.39, 0.29) is 20.6 Å². The van der Waals surface area contributed by atoms with E-state index in [0.717, 1.165) is 0 Å². The van der Waals surface area contributed by atoms with Gasteiger partial charge >= 0.3 is 11.9 Å². The van der Waals surface area contributed by atoms with Crippen molar-refractivity contribution >= 4 is 45.6 Å². The van der Waals surface area contributed by atoms with Crippen molar-refractivity contribution in [1.82, 2.24) is 0 Å². The van der Waals surface area contributed by atoms with Gasteiger partial charge < -0.3 is 19.3 Å². The normalized spacial score (nSPS) is 13.2. The van der Waals surface area contributed by atoms with Gasteiger partial charge in [-0.1, -0.05) is 12.8 Å². The summed E-state index contributed by atoms with van der Waals surface area (Å²) in [5, 5.41) is 18.5. The number of hydrogen-bond acceptors (Lipinski definition) is 6. The molecule has 0 saturated carbocycles. The maximum absolute atomic E-state index is 13.0. The van der Waals surface area contributed by atoms with Gasteiger partial charge in [-0.2, -0.15) is 0 Å². The molecule has 0 fully saturated rings. The predicted molar refractivity (Wildman–Crippen MR) is 150 cm³/mol. The van der Waals surface area contributed by atoms with Crippen molar-refractivity contribution in [2.75, 3.05) is 0 Å². The lowest BCUT2D eigenvalue weighted by atomic mass is 9.87. The first-order chi connectivity index (χ1) is 17.6. The number of rotatable bonds is 14. The average molecular weight is 565 g/mol. The third-order valence-electron chi connectivity index (χ3n) is 6.60. The predicted octanol–water partition coefficient (Wildman–Crippen LogP) is 5.68. The van der Waals surface area contributed by atoms with Crippen molar-refractivity contribution < 1.29 is 28.9 Å². The quantitative estimate of drug-likeness (QED) is 0.219. The van der Waals surface area contributed by atoms with E-state index >= 15 is 0 Å². The van der Waals surface area contributed by atoms with Crippen LogP contribution in [0, 0.1) is 10.8 Å². The first kappa shape index (κ1) is 31.6. The van der Waals surface area contributed by atoms with Crippen LogP contribution in [0.25, 0.3) is 12.2 Å². The van der Waals surface area contributed by atoms with Crippen LogP contribution in [0.3, 0.4) is 0 Å². The molecule has 2 N–H and O–H groups in total. The number of aryl methyl sites for hydroxylation is 2. The first-order valence-electron chi connectivity index (χ1n) is 12.5. The molecule has 0 saturated heterocycles. The van der Waals surface area contributed by atoms with Gasteiger partial charge in [0, 0.05) is 49.3 Å². The Morgan fingerprint density at radius 1 is 0.711 bits per heavy atom. The molecular formula is C28H36O8S2. The Kier molecular flexibility index (Phi) is 11.1. The minimum absolute atomic E-state index is 0.246. The zero-order valence-electron chi connectivity index (χ0n) is 22.3. The molecule has 8 nitrogen and oxygen atoms in total. The van der Waals surface area contributed by atoms with E-state index in [1.807, 2.05) is 0 Å². The maximum atomic E-state index is 13.0. The Labute approximate surface area is 228 Å². The fourth-order valence-corrected chi connectivity index (χ4v) is 6.40. The van der Waals surface area contributed by atoms with Gasteiger partial charge in [0.05, 0.1) is 10.8 Å². The zero-order valence-corrected chi connectivity index (χ0v) is 23.9. The molecule has 0 aliphatic rings. The fourth-order valence-electron chi connectivity index (χ4n) is 3.86. The van der Waals surface area contributed by atoms with E-state index in [2.05, 4.69) is 0 Å². The smallest absolute Gasteiger partial charge is 0.309 e. The second kappa shape index (κ2) is 13.4. The molecular weight excluding hydrogens is 528 g/mol. The monoisotopic (exact) mass is 564 g/mol. The van der Waals surface area contributed by atoms with Crippen molar-refractivity contribution in [1.29, 1.82) is 0 Å². The molecule has 0 bridgehead atoms.